The quantitative estimate of drug-likeness (QED) is 0.696. The molecule has 1 aliphatic carbocycles. The molecule has 1 saturated heterocycles. The molecule has 1 fully saturated rings. The topological polar surface area (TPSA) is 84.9 Å². The van der Waals surface area contributed by atoms with Crippen molar-refractivity contribution in [3.8, 4) is 5.75 Å². The van der Waals surface area contributed by atoms with E-state index in [1.807, 2.05) is 12.1 Å². The summed E-state index contributed by atoms with van der Waals surface area (Å²) in [5, 5.41) is 2.87. The second-order valence-corrected chi connectivity index (χ2v) is 9.49. The molecule has 0 aromatic heterocycles. The van der Waals surface area contributed by atoms with Crippen LogP contribution in [-0.2, 0) is 32.4 Å². The van der Waals surface area contributed by atoms with Gasteiger partial charge in [0, 0.05) is 24.9 Å². The molecule has 2 aromatic carbocycles. The molecule has 8 heteroatoms. The van der Waals surface area contributed by atoms with Gasteiger partial charge in [0.25, 0.3) is 0 Å². The third kappa shape index (κ3) is 4.81. The van der Waals surface area contributed by atoms with Gasteiger partial charge in [0.05, 0.1) is 20.3 Å². The molecule has 0 unspecified atom stereocenters. The number of rotatable bonds is 6. The molecular weight excluding hydrogens is 416 g/mol. The van der Waals surface area contributed by atoms with Crippen LogP contribution in [0.1, 0.15) is 23.1 Å². The van der Waals surface area contributed by atoms with Crippen LogP contribution in [0.25, 0.3) is 6.08 Å². The average Bonchev–Trinajstić information content (AvgIpc) is 3.26. The highest BCUT2D eigenvalue weighted by Gasteiger charge is 2.29. The van der Waals surface area contributed by atoms with Crippen LogP contribution >= 0.6 is 0 Å². The van der Waals surface area contributed by atoms with Crippen molar-refractivity contribution in [3.63, 3.8) is 0 Å². The summed E-state index contributed by atoms with van der Waals surface area (Å²) in [4.78, 5) is 12.5. The summed E-state index contributed by atoms with van der Waals surface area (Å²) in [7, 11) is -2.29. The van der Waals surface area contributed by atoms with Gasteiger partial charge in [0.1, 0.15) is 10.6 Å². The van der Waals surface area contributed by atoms with Crippen molar-refractivity contribution >= 4 is 27.7 Å². The molecule has 0 spiro atoms. The van der Waals surface area contributed by atoms with E-state index in [-0.39, 0.29) is 16.6 Å². The first kappa shape index (κ1) is 21.5. The third-order valence-corrected chi connectivity index (χ3v) is 7.49. The zero-order valence-electron chi connectivity index (χ0n) is 17.5. The maximum Gasteiger partial charge on any atom is 0.248 e. The van der Waals surface area contributed by atoms with E-state index >= 15 is 0 Å². The van der Waals surface area contributed by atoms with Crippen LogP contribution in [0.3, 0.4) is 0 Å². The number of benzene rings is 2. The van der Waals surface area contributed by atoms with Crippen molar-refractivity contribution in [2.45, 2.75) is 24.2 Å². The predicted molar refractivity (Wildman–Crippen MR) is 119 cm³/mol. The molecule has 0 atom stereocenters. The summed E-state index contributed by atoms with van der Waals surface area (Å²) < 4.78 is 38.1. The van der Waals surface area contributed by atoms with Gasteiger partial charge in [-0.05, 0) is 66.3 Å². The van der Waals surface area contributed by atoms with Crippen LogP contribution in [-0.4, -0.2) is 52.0 Å². The van der Waals surface area contributed by atoms with Crippen LogP contribution in [0.4, 0.5) is 5.69 Å². The average molecular weight is 443 g/mol. The fraction of sp³-hybridized carbons (Fsp3) is 0.348. The van der Waals surface area contributed by atoms with Crippen molar-refractivity contribution in [2.75, 3.05) is 38.7 Å². The van der Waals surface area contributed by atoms with Gasteiger partial charge in [-0.25, -0.2) is 8.42 Å². The predicted octanol–water partition coefficient (Wildman–Crippen LogP) is 2.86. The van der Waals surface area contributed by atoms with E-state index in [9.17, 15) is 13.2 Å². The number of ether oxygens (including phenoxy) is 2. The van der Waals surface area contributed by atoms with Gasteiger partial charge in [-0.15, -0.1) is 0 Å². The number of carbonyl (C=O) groups excluding carboxylic acids is 1. The normalized spacial score (nSPS) is 16.9. The van der Waals surface area contributed by atoms with Crippen molar-refractivity contribution in [1.82, 2.24) is 4.31 Å². The van der Waals surface area contributed by atoms with E-state index in [1.165, 1.54) is 34.7 Å². The lowest BCUT2D eigenvalue weighted by atomic mass is 10.1. The maximum absolute atomic E-state index is 13.1. The fourth-order valence-electron chi connectivity index (χ4n) is 3.93. The highest BCUT2D eigenvalue weighted by atomic mass is 32.2. The fourth-order valence-corrected chi connectivity index (χ4v) is 5.53. The van der Waals surface area contributed by atoms with E-state index in [0.717, 1.165) is 24.9 Å². The lowest BCUT2D eigenvalue weighted by Gasteiger charge is -2.26. The number of nitrogens with zero attached hydrogens (tertiary/aromatic N) is 1. The van der Waals surface area contributed by atoms with Gasteiger partial charge in [0.15, 0.2) is 0 Å². The minimum atomic E-state index is -3.73. The first-order valence-corrected chi connectivity index (χ1v) is 11.8. The maximum atomic E-state index is 13.1. The minimum Gasteiger partial charge on any atom is -0.495 e. The number of carbonyl (C=O) groups is 1. The highest BCUT2D eigenvalue weighted by Crippen LogP contribution is 2.29. The monoisotopic (exact) mass is 442 g/mol. The number of amides is 1. The second-order valence-electron chi connectivity index (χ2n) is 7.59. The Balaban J connectivity index is 1.51. The number of hydrogen-bond donors (Lipinski definition) is 1. The van der Waals surface area contributed by atoms with E-state index in [0.29, 0.717) is 31.9 Å². The molecule has 4 rings (SSSR count). The first-order chi connectivity index (χ1) is 15.0. The molecule has 0 saturated carbocycles. The molecule has 1 aliphatic heterocycles. The molecule has 2 aromatic rings. The van der Waals surface area contributed by atoms with E-state index in [2.05, 4.69) is 11.4 Å². The van der Waals surface area contributed by atoms with Crippen molar-refractivity contribution in [2.24, 2.45) is 0 Å². The summed E-state index contributed by atoms with van der Waals surface area (Å²) >= 11 is 0. The highest BCUT2D eigenvalue weighted by molar-refractivity contribution is 7.89. The van der Waals surface area contributed by atoms with Crippen LogP contribution in [0.15, 0.2) is 47.4 Å². The smallest absolute Gasteiger partial charge is 0.248 e. The van der Waals surface area contributed by atoms with Crippen molar-refractivity contribution < 1.29 is 22.7 Å². The number of hydrogen-bond acceptors (Lipinski definition) is 5. The lowest BCUT2D eigenvalue weighted by molar-refractivity contribution is -0.111. The van der Waals surface area contributed by atoms with Gasteiger partial charge < -0.3 is 14.8 Å². The van der Waals surface area contributed by atoms with Gasteiger partial charge in [0.2, 0.25) is 15.9 Å². The first-order valence-electron chi connectivity index (χ1n) is 10.3. The largest absolute Gasteiger partial charge is 0.495 e. The van der Waals surface area contributed by atoms with Gasteiger partial charge in [-0.2, -0.15) is 4.31 Å². The van der Waals surface area contributed by atoms with E-state index in [1.54, 1.807) is 18.2 Å². The Morgan fingerprint density at radius 2 is 1.87 bits per heavy atom. The SMILES string of the molecule is COc1ccc(C=CC(=O)Nc2ccc3c(c2)CCC3)cc1S(=O)(=O)N1CCOCC1. The number of sulfonamides is 1. The molecule has 1 heterocycles. The number of nitrogens with one attached hydrogen (secondary N) is 1. The number of methoxy groups -OCH3 is 1. The van der Waals surface area contributed by atoms with Crippen LogP contribution in [0.5, 0.6) is 5.75 Å². The zero-order chi connectivity index (χ0) is 21.8. The van der Waals surface area contributed by atoms with Crippen LogP contribution in [0.2, 0.25) is 0 Å². The lowest BCUT2D eigenvalue weighted by Crippen LogP contribution is -2.40. The molecular formula is C23H26N2O5S. The summed E-state index contributed by atoms with van der Waals surface area (Å²) in [5.41, 5.74) is 3.99. The Kier molecular flexibility index (Phi) is 6.41. The summed E-state index contributed by atoms with van der Waals surface area (Å²) in [6.07, 6.45) is 6.29. The second kappa shape index (κ2) is 9.21. The van der Waals surface area contributed by atoms with Crippen molar-refractivity contribution in [3.05, 3.63) is 59.2 Å². The van der Waals surface area contributed by atoms with Crippen LogP contribution in [0, 0.1) is 0 Å². The molecule has 1 amide bonds. The van der Waals surface area contributed by atoms with Gasteiger partial charge in [-0.1, -0.05) is 12.1 Å². The Hall–Kier alpha value is -2.68. The standard InChI is InChI=1S/C23H26N2O5S/c1-29-21-9-5-17(15-22(21)31(27,28)25-11-13-30-14-12-25)6-10-23(26)24-20-8-7-18-3-2-4-19(18)16-20/h5-10,15-16H,2-4,11-14H2,1H3,(H,24,26). The number of aryl methyl sites for hydroxylation is 2. The molecule has 1 N–H and O–H groups in total. The van der Waals surface area contributed by atoms with E-state index in [4.69, 9.17) is 9.47 Å². The zero-order valence-corrected chi connectivity index (χ0v) is 18.3. The molecule has 31 heavy (non-hydrogen) atoms. The Morgan fingerprint density at radius 1 is 1.10 bits per heavy atom. The van der Waals surface area contributed by atoms with Gasteiger partial charge in [-0.3, -0.25) is 4.79 Å². The minimum absolute atomic E-state index is 0.0816. The number of anilines is 1. The molecule has 2 aliphatic rings. The Labute approximate surface area is 182 Å². The summed E-state index contributed by atoms with van der Waals surface area (Å²) in [6, 6.07) is 10.9. The van der Waals surface area contributed by atoms with Gasteiger partial charge >= 0.3 is 0 Å². The third-order valence-electron chi connectivity index (χ3n) is 5.57. The number of morpholine rings is 1. The molecule has 164 valence electrons. The summed E-state index contributed by atoms with van der Waals surface area (Å²) in [5.74, 6) is -0.00224. The Bertz CT molecular complexity index is 1100. The molecule has 0 bridgehead atoms. The van der Waals surface area contributed by atoms with E-state index < -0.39 is 10.0 Å². The molecule has 0 radical (unpaired) electrons. The van der Waals surface area contributed by atoms with Crippen LogP contribution < -0.4 is 10.1 Å². The summed E-state index contributed by atoms with van der Waals surface area (Å²) in [6.45, 7) is 1.33. The number of fused-ring (bicyclic) bond motifs is 1. The molecule has 7 nitrogen and oxygen atoms in total. The van der Waals surface area contributed by atoms with Crippen molar-refractivity contribution in [1.29, 1.82) is 0 Å². The Morgan fingerprint density at radius 3 is 2.65 bits per heavy atom.